The molecule has 1 aromatic carbocycles. The molecule has 0 unspecified atom stereocenters. The lowest BCUT2D eigenvalue weighted by molar-refractivity contribution is 0.0479. The van der Waals surface area contributed by atoms with Crippen molar-refractivity contribution in [2.45, 2.75) is 32.9 Å². The van der Waals surface area contributed by atoms with Crippen molar-refractivity contribution >= 4 is 6.03 Å². The van der Waals surface area contributed by atoms with Crippen LogP contribution >= 0.6 is 0 Å². The van der Waals surface area contributed by atoms with Crippen molar-refractivity contribution in [3.05, 3.63) is 48.0 Å². The van der Waals surface area contributed by atoms with Crippen molar-refractivity contribution in [2.75, 3.05) is 13.1 Å². The van der Waals surface area contributed by atoms with Crippen LogP contribution in [0, 0.1) is 5.82 Å². The zero-order chi connectivity index (χ0) is 17.7. The number of aliphatic hydroxyl groups is 1. The molecule has 1 heterocycles. The molecule has 0 atom stereocenters. The van der Waals surface area contributed by atoms with E-state index in [4.69, 9.17) is 0 Å². The van der Waals surface area contributed by atoms with Crippen LogP contribution in [0.4, 0.5) is 9.18 Å². The highest BCUT2D eigenvalue weighted by Gasteiger charge is 2.21. The Hall–Kier alpha value is -2.41. The van der Waals surface area contributed by atoms with Crippen LogP contribution in [-0.4, -0.2) is 44.5 Å². The maximum absolute atomic E-state index is 12.9. The summed E-state index contributed by atoms with van der Waals surface area (Å²) in [7, 11) is 0. The van der Waals surface area contributed by atoms with E-state index in [9.17, 15) is 14.3 Å². The summed E-state index contributed by atoms with van der Waals surface area (Å²) in [5.74, 6) is -0.301. The molecule has 1 aromatic heterocycles. The van der Waals surface area contributed by atoms with E-state index in [2.05, 4.69) is 10.4 Å². The number of hydrogen-bond donors (Lipinski definition) is 2. The highest BCUT2D eigenvalue weighted by Crippen LogP contribution is 2.09. The van der Waals surface area contributed by atoms with Crippen LogP contribution in [0.3, 0.4) is 0 Å². The summed E-state index contributed by atoms with van der Waals surface area (Å²) in [5.41, 5.74) is 0.482. The van der Waals surface area contributed by atoms with Gasteiger partial charge in [0.25, 0.3) is 0 Å². The number of amides is 2. The SMILES string of the molecule is CCN(CC(C)(C)O)C(=O)NCc1ccn(-c2ccc(F)cc2)n1. The van der Waals surface area contributed by atoms with Gasteiger partial charge in [0, 0.05) is 12.7 Å². The van der Waals surface area contributed by atoms with Gasteiger partial charge in [-0.2, -0.15) is 5.10 Å². The molecule has 24 heavy (non-hydrogen) atoms. The van der Waals surface area contributed by atoms with Gasteiger partial charge in [0.15, 0.2) is 0 Å². The van der Waals surface area contributed by atoms with Crippen LogP contribution in [0.1, 0.15) is 26.5 Å². The molecule has 0 bridgehead atoms. The summed E-state index contributed by atoms with van der Waals surface area (Å²) in [6.07, 6.45) is 1.75. The Labute approximate surface area is 140 Å². The van der Waals surface area contributed by atoms with E-state index in [1.807, 2.05) is 6.92 Å². The second-order valence-electron chi connectivity index (χ2n) is 6.21. The van der Waals surface area contributed by atoms with E-state index in [1.54, 1.807) is 42.9 Å². The highest BCUT2D eigenvalue weighted by molar-refractivity contribution is 5.74. The second kappa shape index (κ2) is 7.44. The topological polar surface area (TPSA) is 70.4 Å². The van der Waals surface area contributed by atoms with Gasteiger partial charge in [-0.1, -0.05) is 0 Å². The predicted molar refractivity (Wildman–Crippen MR) is 89.3 cm³/mol. The van der Waals surface area contributed by atoms with Crippen LogP contribution in [0.15, 0.2) is 36.5 Å². The molecule has 0 fully saturated rings. The van der Waals surface area contributed by atoms with Gasteiger partial charge in [0.05, 0.1) is 30.1 Å². The van der Waals surface area contributed by atoms with Gasteiger partial charge in [-0.15, -0.1) is 0 Å². The van der Waals surface area contributed by atoms with Gasteiger partial charge in [0.1, 0.15) is 5.82 Å². The van der Waals surface area contributed by atoms with Crippen LogP contribution in [-0.2, 0) is 6.54 Å². The largest absolute Gasteiger partial charge is 0.389 e. The first kappa shape index (κ1) is 17.9. The molecule has 0 aliphatic carbocycles. The summed E-state index contributed by atoms with van der Waals surface area (Å²) < 4.78 is 14.6. The van der Waals surface area contributed by atoms with Crippen molar-refractivity contribution in [3.8, 4) is 5.69 Å². The number of carbonyl (C=O) groups excluding carboxylic acids is 1. The van der Waals surface area contributed by atoms with E-state index in [1.165, 1.54) is 17.0 Å². The molecule has 0 aliphatic rings. The van der Waals surface area contributed by atoms with Gasteiger partial charge in [-0.05, 0) is 51.1 Å². The number of hydrogen-bond acceptors (Lipinski definition) is 3. The molecule has 2 aromatic rings. The first-order chi connectivity index (χ1) is 11.3. The summed E-state index contributed by atoms with van der Waals surface area (Å²) in [5, 5.41) is 17.0. The summed E-state index contributed by atoms with van der Waals surface area (Å²) in [6.45, 7) is 6.20. The van der Waals surface area contributed by atoms with Crippen molar-refractivity contribution in [3.63, 3.8) is 0 Å². The molecule has 6 nitrogen and oxygen atoms in total. The first-order valence-electron chi connectivity index (χ1n) is 7.84. The zero-order valence-corrected chi connectivity index (χ0v) is 14.2. The third-order valence-electron chi connectivity index (χ3n) is 3.40. The third-order valence-corrected chi connectivity index (χ3v) is 3.40. The highest BCUT2D eigenvalue weighted by atomic mass is 19.1. The van der Waals surface area contributed by atoms with Crippen molar-refractivity contribution in [1.82, 2.24) is 20.0 Å². The lowest BCUT2D eigenvalue weighted by atomic mass is 10.1. The Bertz CT molecular complexity index is 677. The van der Waals surface area contributed by atoms with Crippen molar-refractivity contribution in [1.29, 1.82) is 0 Å². The van der Waals surface area contributed by atoms with E-state index in [-0.39, 0.29) is 24.9 Å². The van der Waals surface area contributed by atoms with Crippen LogP contribution in [0.25, 0.3) is 5.69 Å². The lowest BCUT2D eigenvalue weighted by Crippen LogP contribution is -2.46. The minimum atomic E-state index is -0.947. The van der Waals surface area contributed by atoms with E-state index in [0.29, 0.717) is 12.2 Å². The van der Waals surface area contributed by atoms with E-state index >= 15 is 0 Å². The molecule has 130 valence electrons. The number of benzene rings is 1. The number of halogens is 1. The zero-order valence-electron chi connectivity index (χ0n) is 14.2. The fourth-order valence-corrected chi connectivity index (χ4v) is 2.27. The Kier molecular flexibility index (Phi) is 5.56. The maximum Gasteiger partial charge on any atom is 0.317 e. The maximum atomic E-state index is 12.9. The Morgan fingerprint density at radius 1 is 1.33 bits per heavy atom. The van der Waals surface area contributed by atoms with Gasteiger partial charge < -0.3 is 15.3 Å². The number of aromatic nitrogens is 2. The molecule has 7 heteroatoms. The smallest absolute Gasteiger partial charge is 0.317 e. The summed E-state index contributed by atoms with van der Waals surface area (Å²) in [4.78, 5) is 13.7. The van der Waals surface area contributed by atoms with Crippen molar-refractivity contribution < 1.29 is 14.3 Å². The first-order valence-corrected chi connectivity index (χ1v) is 7.84. The van der Waals surface area contributed by atoms with Crippen LogP contribution in [0.2, 0.25) is 0 Å². The standard InChI is InChI=1S/C17H23FN4O2/c1-4-21(12-17(2,3)24)16(23)19-11-14-9-10-22(20-14)15-7-5-13(18)6-8-15/h5-10,24H,4,11-12H2,1-3H3,(H,19,23). The van der Waals surface area contributed by atoms with Gasteiger partial charge in [-0.3, -0.25) is 0 Å². The molecule has 0 saturated heterocycles. The molecule has 2 amide bonds. The number of carbonyl (C=O) groups is 1. The molecule has 0 spiro atoms. The summed E-state index contributed by atoms with van der Waals surface area (Å²) in [6, 6.07) is 7.54. The molecule has 2 N–H and O–H groups in total. The quantitative estimate of drug-likeness (QED) is 0.852. The average molecular weight is 334 g/mol. The fraction of sp³-hybridized carbons (Fsp3) is 0.412. The normalized spacial score (nSPS) is 11.4. The Morgan fingerprint density at radius 2 is 2.00 bits per heavy atom. The number of likely N-dealkylation sites (N-methyl/N-ethyl adjacent to an activating group) is 1. The number of nitrogens with zero attached hydrogens (tertiary/aromatic N) is 3. The minimum Gasteiger partial charge on any atom is -0.389 e. The van der Waals surface area contributed by atoms with Gasteiger partial charge in [-0.25, -0.2) is 13.9 Å². The lowest BCUT2D eigenvalue weighted by Gasteiger charge is -2.28. The molecular formula is C17H23FN4O2. The van der Waals surface area contributed by atoms with Crippen LogP contribution in [0.5, 0.6) is 0 Å². The molecular weight excluding hydrogens is 311 g/mol. The third kappa shape index (κ3) is 5.06. The second-order valence-corrected chi connectivity index (χ2v) is 6.21. The Morgan fingerprint density at radius 3 is 2.58 bits per heavy atom. The average Bonchev–Trinajstić information content (AvgIpc) is 2.99. The van der Waals surface area contributed by atoms with E-state index in [0.717, 1.165) is 5.69 Å². The molecule has 0 aliphatic heterocycles. The molecule has 2 rings (SSSR count). The van der Waals surface area contributed by atoms with Gasteiger partial charge in [0.2, 0.25) is 0 Å². The van der Waals surface area contributed by atoms with Gasteiger partial charge >= 0.3 is 6.03 Å². The number of urea groups is 1. The fourth-order valence-electron chi connectivity index (χ4n) is 2.27. The Balaban J connectivity index is 1.95. The summed E-state index contributed by atoms with van der Waals surface area (Å²) >= 11 is 0. The van der Waals surface area contributed by atoms with Crippen LogP contribution < -0.4 is 5.32 Å². The van der Waals surface area contributed by atoms with E-state index < -0.39 is 5.60 Å². The molecule has 0 saturated carbocycles. The number of rotatable bonds is 6. The molecule has 0 radical (unpaired) electrons. The van der Waals surface area contributed by atoms with Crippen molar-refractivity contribution in [2.24, 2.45) is 0 Å². The predicted octanol–water partition coefficient (Wildman–Crippen LogP) is 2.31. The number of nitrogens with one attached hydrogen (secondary N) is 1. The minimum absolute atomic E-state index is 0.249. The monoisotopic (exact) mass is 334 g/mol.